The zero-order chi connectivity index (χ0) is 16.3. The number of halogens is 1. The molecule has 0 saturated carbocycles. The van der Waals surface area contributed by atoms with E-state index in [2.05, 4.69) is 21.2 Å². The number of rotatable bonds is 8. The number of para-hydroxylation sites is 1. The highest BCUT2D eigenvalue weighted by Gasteiger charge is 2.02. The van der Waals surface area contributed by atoms with Crippen LogP contribution in [0.4, 0.5) is 4.79 Å². The molecule has 23 heavy (non-hydrogen) atoms. The van der Waals surface area contributed by atoms with Gasteiger partial charge in [-0.05, 0) is 42.7 Å². The number of hydrogen-bond acceptors (Lipinski definition) is 3. The lowest BCUT2D eigenvalue weighted by atomic mass is 10.1. The Labute approximate surface area is 144 Å². The average Bonchev–Trinajstić information content (AvgIpc) is 2.56. The van der Waals surface area contributed by atoms with Crippen molar-refractivity contribution in [2.75, 3.05) is 18.5 Å². The van der Waals surface area contributed by atoms with Crippen LogP contribution in [0.15, 0.2) is 54.6 Å². The lowest BCUT2D eigenvalue weighted by Gasteiger charge is -2.09. The number of benzene rings is 2. The Morgan fingerprint density at radius 1 is 1.04 bits per heavy atom. The Balaban J connectivity index is 1.78. The summed E-state index contributed by atoms with van der Waals surface area (Å²) in [5.41, 5.74) is 1.10. The molecule has 0 radical (unpaired) electrons. The predicted molar refractivity (Wildman–Crippen MR) is 94.4 cm³/mol. The van der Waals surface area contributed by atoms with Gasteiger partial charge in [0.05, 0.1) is 6.61 Å². The molecule has 1 N–H and O–H groups in total. The maximum absolute atomic E-state index is 11.4. The summed E-state index contributed by atoms with van der Waals surface area (Å²) in [6, 6.07) is 17.5. The fraction of sp³-hybridized carbons (Fsp3) is 0.278. The maximum Gasteiger partial charge on any atom is 0.407 e. The van der Waals surface area contributed by atoms with E-state index in [0.29, 0.717) is 13.2 Å². The van der Waals surface area contributed by atoms with Gasteiger partial charge in [0, 0.05) is 11.9 Å². The molecule has 2 aromatic carbocycles. The van der Waals surface area contributed by atoms with E-state index in [1.54, 1.807) is 0 Å². The van der Waals surface area contributed by atoms with Crippen molar-refractivity contribution in [3.05, 3.63) is 60.2 Å². The summed E-state index contributed by atoms with van der Waals surface area (Å²) in [4.78, 5) is 11.4. The number of alkyl carbamates (subject to hydrolysis) is 1. The van der Waals surface area contributed by atoms with Crippen LogP contribution in [0.5, 0.6) is 11.5 Å². The molecule has 0 spiro atoms. The van der Waals surface area contributed by atoms with E-state index < -0.39 is 0 Å². The van der Waals surface area contributed by atoms with Gasteiger partial charge in [-0.1, -0.05) is 46.3 Å². The first-order valence-corrected chi connectivity index (χ1v) is 8.68. The molecule has 2 aromatic rings. The van der Waals surface area contributed by atoms with Gasteiger partial charge in [0.25, 0.3) is 0 Å². The molecule has 2 rings (SSSR count). The zero-order valence-electron chi connectivity index (χ0n) is 12.8. The van der Waals surface area contributed by atoms with Crippen molar-refractivity contribution in [3.63, 3.8) is 0 Å². The molecule has 0 atom stereocenters. The lowest BCUT2D eigenvalue weighted by molar-refractivity contribution is 0.147. The molecule has 122 valence electrons. The van der Waals surface area contributed by atoms with Gasteiger partial charge in [-0.15, -0.1) is 0 Å². The van der Waals surface area contributed by atoms with Crippen molar-refractivity contribution >= 4 is 22.0 Å². The SMILES string of the molecule is O=C(NCCc1cccc(Oc2ccccc2)c1)OCCCBr. The number of nitrogens with one attached hydrogen (secondary N) is 1. The van der Waals surface area contributed by atoms with Gasteiger partial charge in [0.2, 0.25) is 0 Å². The van der Waals surface area contributed by atoms with Crippen LogP contribution in [-0.4, -0.2) is 24.6 Å². The summed E-state index contributed by atoms with van der Waals surface area (Å²) in [5.74, 6) is 1.59. The summed E-state index contributed by atoms with van der Waals surface area (Å²) in [6.07, 6.45) is 1.16. The summed E-state index contributed by atoms with van der Waals surface area (Å²) >= 11 is 3.29. The number of alkyl halides is 1. The van der Waals surface area contributed by atoms with Gasteiger partial charge in [0.15, 0.2) is 0 Å². The van der Waals surface area contributed by atoms with E-state index in [9.17, 15) is 4.79 Å². The highest BCUT2D eigenvalue weighted by molar-refractivity contribution is 9.09. The highest BCUT2D eigenvalue weighted by Crippen LogP contribution is 2.21. The summed E-state index contributed by atoms with van der Waals surface area (Å²) in [6.45, 7) is 0.958. The van der Waals surface area contributed by atoms with Gasteiger partial charge in [-0.3, -0.25) is 0 Å². The Hall–Kier alpha value is -2.01. The first-order chi connectivity index (χ1) is 11.3. The molecule has 0 aromatic heterocycles. The van der Waals surface area contributed by atoms with Crippen LogP contribution in [0.25, 0.3) is 0 Å². The van der Waals surface area contributed by atoms with Gasteiger partial charge < -0.3 is 14.8 Å². The van der Waals surface area contributed by atoms with Crippen LogP contribution in [0.3, 0.4) is 0 Å². The molecule has 1 amide bonds. The number of hydrogen-bond donors (Lipinski definition) is 1. The molecule has 0 heterocycles. The monoisotopic (exact) mass is 377 g/mol. The molecular weight excluding hydrogens is 358 g/mol. The van der Waals surface area contributed by atoms with Crippen molar-refractivity contribution in [1.29, 1.82) is 0 Å². The first kappa shape index (κ1) is 17.3. The third kappa shape index (κ3) is 6.74. The minimum atomic E-state index is -0.373. The van der Waals surface area contributed by atoms with Crippen LogP contribution < -0.4 is 10.1 Å². The summed E-state index contributed by atoms with van der Waals surface area (Å²) in [7, 11) is 0. The molecule has 4 nitrogen and oxygen atoms in total. The van der Waals surface area contributed by atoms with Crippen molar-refractivity contribution in [3.8, 4) is 11.5 Å². The lowest BCUT2D eigenvalue weighted by Crippen LogP contribution is -2.26. The van der Waals surface area contributed by atoms with Crippen molar-refractivity contribution in [2.45, 2.75) is 12.8 Å². The van der Waals surface area contributed by atoms with Crippen LogP contribution >= 0.6 is 15.9 Å². The maximum atomic E-state index is 11.4. The minimum Gasteiger partial charge on any atom is -0.457 e. The molecule has 0 aliphatic heterocycles. The predicted octanol–water partition coefficient (Wildman–Crippen LogP) is 4.53. The van der Waals surface area contributed by atoms with E-state index in [0.717, 1.165) is 35.2 Å². The summed E-state index contributed by atoms with van der Waals surface area (Å²) < 4.78 is 10.8. The number of carbonyl (C=O) groups is 1. The van der Waals surface area contributed by atoms with E-state index >= 15 is 0 Å². The standard InChI is InChI=1S/C18H20BrNO3/c19-11-5-13-22-18(21)20-12-10-15-6-4-9-17(14-15)23-16-7-2-1-3-8-16/h1-4,6-9,14H,5,10-13H2,(H,20,21). The summed E-state index contributed by atoms with van der Waals surface area (Å²) in [5, 5.41) is 3.57. The molecule has 0 aliphatic carbocycles. The fourth-order valence-corrected chi connectivity index (χ4v) is 2.20. The van der Waals surface area contributed by atoms with Crippen molar-refractivity contribution in [2.24, 2.45) is 0 Å². The van der Waals surface area contributed by atoms with Crippen molar-refractivity contribution < 1.29 is 14.3 Å². The number of ether oxygens (including phenoxy) is 2. The fourth-order valence-electron chi connectivity index (χ4n) is 1.97. The van der Waals surface area contributed by atoms with Gasteiger partial charge >= 0.3 is 6.09 Å². The molecule has 0 bridgehead atoms. The van der Waals surface area contributed by atoms with Gasteiger partial charge in [0.1, 0.15) is 11.5 Å². The Bertz CT molecular complexity index is 604. The number of carbonyl (C=O) groups excluding carboxylic acids is 1. The Morgan fingerprint density at radius 2 is 1.83 bits per heavy atom. The van der Waals surface area contributed by atoms with E-state index in [4.69, 9.17) is 9.47 Å². The molecular formula is C18H20BrNO3. The normalized spacial score (nSPS) is 10.1. The molecule has 0 aliphatic rings. The largest absolute Gasteiger partial charge is 0.457 e. The van der Waals surface area contributed by atoms with Gasteiger partial charge in [-0.2, -0.15) is 0 Å². The molecule has 0 saturated heterocycles. The Kier molecular flexibility index (Phi) is 7.46. The second kappa shape index (κ2) is 9.90. The molecule has 5 heteroatoms. The smallest absolute Gasteiger partial charge is 0.407 e. The minimum absolute atomic E-state index is 0.373. The second-order valence-corrected chi connectivity index (χ2v) is 5.71. The first-order valence-electron chi connectivity index (χ1n) is 7.56. The zero-order valence-corrected chi connectivity index (χ0v) is 14.4. The highest BCUT2D eigenvalue weighted by atomic mass is 79.9. The van der Waals surface area contributed by atoms with Gasteiger partial charge in [-0.25, -0.2) is 4.79 Å². The van der Waals surface area contributed by atoms with E-state index in [1.807, 2.05) is 54.6 Å². The third-order valence-corrected chi connectivity index (χ3v) is 3.63. The van der Waals surface area contributed by atoms with Crippen LogP contribution in [0, 0.1) is 0 Å². The molecule has 0 unspecified atom stereocenters. The average molecular weight is 378 g/mol. The number of amides is 1. The van der Waals surface area contributed by atoms with Crippen molar-refractivity contribution in [1.82, 2.24) is 5.32 Å². The van der Waals surface area contributed by atoms with Crippen LogP contribution in [-0.2, 0) is 11.2 Å². The topological polar surface area (TPSA) is 47.6 Å². The van der Waals surface area contributed by atoms with Crippen LogP contribution in [0.2, 0.25) is 0 Å². The Morgan fingerprint density at radius 3 is 2.61 bits per heavy atom. The molecule has 0 fully saturated rings. The van der Waals surface area contributed by atoms with Crippen LogP contribution in [0.1, 0.15) is 12.0 Å². The van der Waals surface area contributed by atoms with E-state index in [1.165, 1.54) is 0 Å². The third-order valence-electron chi connectivity index (χ3n) is 3.07. The quantitative estimate of drug-likeness (QED) is 0.542. The van der Waals surface area contributed by atoms with E-state index in [-0.39, 0.29) is 6.09 Å². The second-order valence-electron chi connectivity index (χ2n) is 4.92.